The van der Waals surface area contributed by atoms with Crippen LogP contribution < -0.4 is 4.90 Å². The summed E-state index contributed by atoms with van der Waals surface area (Å²) < 4.78 is 0.413. The predicted octanol–water partition coefficient (Wildman–Crippen LogP) is 3.56. The van der Waals surface area contributed by atoms with Crippen LogP contribution in [0, 0.1) is 6.92 Å². The summed E-state index contributed by atoms with van der Waals surface area (Å²) in [5, 5.41) is 11.7. The molecule has 0 atom stereocenters. The van der Waals surface area contributed by atoms with E-state index in [0.717, 1.165) is 10.7 Å². The van der Waals surface area contributed by atoms with E-state index in [0.29, 0.717) is 14.9 Å². The van der Waals surface area contributed by atoms with Gasteiger partial charge in [0.2, 0.25) is 0 Å². The van der Waals surface area contributed by atoms with Gasteiger partial charge in [-0.2, -0.15) is 0 Å². The number of carboxylic acids is 1. The molecule has 3 rings (SSSR count). The van der Waals surface area contributed by atoms with Crippen molar-refractivity contribution in [1.82, 2.24) is 4.98 Å². The zero-order valence-electron chi connectivity index (χ0n) is 11.8. The van der Waals surface area contributed by atoms with Crippen LogP contribution in [-0.4, -0.2) is 26.3 Å². The Morgan fingerprint density at radius 1 is 1.35 bits per heavy atom. The molecule has 8 heteroatoms. The van der Waals surface area contributed by atoms with Gasteiger partial charge in [0.1, 0.15) is 0 Å². The highest BCUT2D eigenvalue weighted by molar-refractivity contribution is 8.27. The van der Waals surface area contributed by atoms with E-state index in [1.807, 2.05) is 12.3 Å². The summed E-state index contributed by atoms with van der Waals surface area (Å²) in [7, 11) is 0. The Labute approximate surface area is 145 Å². The monoisotopic (exact) mass is 362 g/mol. The number of hydrogen-bond acceptors (Lipinski definition) is 6. The summed E-state index contributed by atoms with van der Waals surface area (Å²) in [4.78, 5) is 29.7. The van der Waals surface area contributed by atoms with Crippen molar-refractivity contribution in [2.24, 2.45) is 0 Å². The number of benzene rings is 1. The maximum absolute atomic E-state index is 12.6. The summed E-state index contributed by atoms with van der Waals surface area (Å²) in [5.41, 5.74) is 1.44. The minimum atomic E-state index is -1.01. The Kier molecular flexibility index (Phi) is 4.29. The van der Waals surface area contributed by atoms with E-state index in [2.05, 4.69) is 4.98 Å². The lowest BCUT2D eigenvalue weighted by Crippen LogP contribution is -2.27. The Morgan fingerprint density at radius 2 is 2.04 bits per heavy atom. The third-order valence-corrected chi connectivity index (χ3v) is 5.18. The Morgan fingerprint density at radius 3 is 2.61 bits per heavy atom. The number of anilines is 1. The third-order valence-electron chi connectivity index (χ3n) is 3.08. The van der Waals surface area contributed by atoms with Crippen LogP contribution >= 0.6 is 35.3 Å². The SMILES string of the molecule is Cc1nc(/C=C2\SC(=S)N(c3ccc(C(=O)O)cc3)C2=O)cs1. The number of carboxylic acid groups (broad SMARTS) is 1. The molecule has 1 saturated heterocycles. The second-order valence-electron chi connectivity index (χ2n) is 4.66. The maximum atomic E-state index is 12.6. The Bertz CT molecular complexity index is 840. The Balaban J connectivity index is 1.89. The molecule has 1 amide bonds. The first kappa shape index (κ1) is 15.9. The summed E-state index contributed by atoms with van der Waals surface area (Å²) in [6.07, 6.45) is 1.72. The highest BCUT2D eigenvalue weighted by atomic mass is 32.2. The normalized spacial score (nSPS) is 16.4. The van der Waals surface area contributed by atoms with Gasteiger partial charge in [-0.1, -0.05) is 24.0 Å². The van der Waals surface area contributed by atoms with Crippen LogP contribution in [0.4, 0.5) is 5.69 Å². The number of amides is 1. The standard InChI is InChI=1S/C15H10N2O3S3/c1-8-16-10(7-22-8)6-12-13(18)17(15(21)23-12)11-4-2-9(3-5-11)14(19)20/h2-7H,1H3,(H,19,20)/b12-6-. The number of aromatic carboxylic acids is 1. The number of thioether (sulfide) groups is 1. The molecule has 1 N–H and O–H groups in total. The Hall–Kier alpha value is -2.03. The fourth-order valence-electron chi connectivity index (χ4n) is 2.02. The molecule has 0 radical (unpaired) electrons. The van der Waals surface area contributed by atoms with Crippen LogP contribution in [0.3, 0.4) is 0 Å². The van der Waals surface area contributed by atoms with E-state index < -0.39 is 5.97 Å². The van der Waals surface area contributed by atoms with Crippen molar-refractivity contribution in [3.8, 4) is 0 Å². The lowest BCUT2D eigenvalue weighted by molar-refractivity contribution is -0.113. The van der Waals surface area contributed by atoms with E-state index in [4.69, 9.17) is 17.3 Å². The van der Waals surface area contributed by atoms with Gasteiger partial charge in [-0.3, -0.25) is 9.69 Å². The largest absolute Gasteiger partial charge is 0.478 e. The predicted molar refractivity (Wildman–Crippen MR) is 95.9 cm³/mol. The van der Waals surface area contributed by atoms with Crippen molar-refractivity contribution in [1.29, 1.82) is 0 Å². The van der Waals surface area contributed by atoms with Crippen LogP contribution in [0.2, 0.25) is 0 Å². The molecule has 5 nitrogen and oxygen atoms in total. The number of aromatic nitrogens is 1. The van der Waals surface area contributed by atoms with Crippen LogP contribution in [0.15, 0.2) is 34.6 Å². The molecule has 2 heterocycles. The summed E-state index contributed by atoms with van der Waals surface area (Å²) in [6, 6.07) is 6.04. The summed E-state index contributed by atoms with van der Waals surface area (Å²) in [5.74, 6) is -1.24. The average molecular weight is 362 g/mol. The number of nitrogens with zero attached hydrogens (tertiary/aromatic N) is 2. The second kappa shape index (κ2) is 6.23. The van der Waals surface area contributed by atoms with Gasteiger partial charge in [0, 0.05) is 5.38 Å². The van der Waals surface area contributed by atoms with Crippen molar-refractivity contribution in [3.63, 3.8) is 0 Å². The first-order valence-electron chi connectivity index (χ1n) is 6.49. The van der Waals surface area contributed by atoms with E-state index in [1.54, 1.807) is 18.2 Å². The van der Waals surface area contributed by atoms with Gasteiger partial charge in [-0.05, 0) is 37.3 Å². The third kappa shape index (κ3) is 3.19. The topological polar surface area (TPSA) is 70.5 Å². The van der Waals surface area contributed by atoms with E-state index >= 15 is 0 Å². The summed E-state index contributed by atoms with van der Waals surface area (Å²) >= 11 is 8.00. The van der Waals surface area contributed by atoms with Crippen LogP contribution in [0.5, 0.6) is 0 Å². The van der Waals surface area contributed by atoms with Gasteiger partial charge in [0.25, 0.3) is 5.91 Å². The zero-order valence-corrected chi connectivity index (χ0v) is 14.3. The highest BCUT2D eigenvalue weighted by Gasteiger charge is 2.33. The van der Waals surface area contributed by atoms with Gasteiger partial charge in [-0.15, -0.1) is 11.3 Å². The molecule has 23 heavy (non-hydrogen) atoms. The van der Waals surface area contributed by atoms with Crippen molar-refractivity contribution in [3.05, 3.63) is 50.8 Å². The molecule has 1 aliphatic heterocycles. The van der Waals surface area contributed by atoms with E-state index in [9.17, 15) is 9.59 Å². The van der Waals surface area contributed by atoms with Gasteiger partial charge >= 0.3 is 5.97 Å². The zero-order chi connectivity index (χ0) is 16.6. The number of aryl methyl sites for hydroxylation is 1. The number of thiazole rings is 1. The molecule has 0 unspecified atom stereocenters. The van der Waals surface area contributed by atoms with Crippen molar-refractivity contribution >= 4 is 63.3 Å². The van der Waals surface area contributed by atoms with Gasteiger partial charge < -0.3 is 5.11 Å². The van der Waals surface area contributed by atoms with Gasteiger partial charge in [0.15, 0.2) is 4.32 Å². The number of rotatable bonds is 3. The van der Waals surface area contributed by atoms with Gasteiger partial charge in [-0.25, -0.2) is 9.78 Å². The fraction of sp³-hybridized carbons (Fsp3) is 0.0667. The number of carbonyl (C=O) groups is 2. The fourth-order valence-corrected chi connectivity index (χ4v) is 3.88. The lowest BCUT2D eigenvalue weighted by atomic mass is 10.2. The number of carbonyl (C=O) groups excluding carboxylic acids is 1. The van der Waals surface area contributed by atoms with E-state index in [1.165, 1.54) is 40.1 Å². The first-order valence-corrected chi connectivity index (χ1v) is 8.59. The van der Waals surface area contributed by atoms with Crippen LogP contribution in [-0.2, 0) is 4.79 Å². The molecule has 1 aliphatic rings. The van der Waals surface area contributed by atoms with Crippen LogP contribution in [0.1, 0.15) is 21.1 Å². The maximum Gasteiger partial charge on any atom is 0.335 e. The molecule has 1 aromatic carbocycles. The second-order valence-corrected chi connectivity index (χ2v) is 7.40. The molecule has 0 aliphatic carbocycles. The van der Waals surface area contributed by atoms with E-state index in [-0.39, 0.29) is 11.5 Å². The summed E-state index contributed by atoms with van der Waals surface area (Å²) in [6.45, 7) is 1.90. The minimum absolute atomic E-state index is 0.160. The molecule has 2 aromatic rings. The molecule has 0 spiro atoms. The molecule has 116 valence electrons. The molecule has 0 saturated carbocycles. The van der Waals surface area contributed by atoms with Crippen molar-refractivity contribution in [2.45, 2.75) is 6.92 Å². The quantitative estimate of drug-likeness (QED) is 0.665. The molecular formula is C15H10N2O3S3. The first-order chi connectivity index (χ1) is 11.0. The molecular weight excluding hydrogens is 352 g/mol. The molecule has 1 aromatic heterocycles. The minimum Gasteiger partial charge on any atom is -0.478 e. The molecule has 1 fully saturated rings. The average Bonchev–Trinajstić information content (AvgIpc) is 3.03. The van der Waals surface area contributed by atoms with Crippen LogP contribution in [0.25, 0.3) is 6.08 Å². The van der Waals surface area contributed by atoms with Crippen molar-refractivity contribution in [2.75, 3.05) is 4.90 Å². The highest BCUT2D eigenvalue weighted by Crippen LogP contribution is 2.36. The van der Waals surface area contributed by atoms with Gasteiger partial charge in [0.05, 0.1) is 26.9 Å². The number of hydrogen-bond donors (Lipinski definition) is 1. The molecule has 0 bridgehead atoms. The number of thiocarbonyl (C=S) groups is 1. The smallest absolute Gasteiger partial charge is 0.335 e. The lowest BCUT2D eigenvalue weighted by Gasteiger charge is -2.14. The van der Waals surface area contributed by atoms with Crippen molar-refractivity contribution < 1.29 is 14.7 Å².